The van der Waals surface area contributed by atoms with Gasteiger partial charge in [0.2, 0.25) is 5.91 Å². The normalized spacial score (nSPS) is 14.2. The van der Waals surface area contributed by atoms with Gasteiger partial charge >= 0.3 is 0 Å². The van der Waals surface area contributed by atoms with E-state index in [0.717, 1.165) is 28.4 Å². The second-order valence-electron chi connectivity index (χ2n) is 9.02. The van der Waals surface area contributed by atoms with Crippen LogP contribution < -0.4 is 4.74 Å². The summed E-state index contributed by atoms with van der Waals surface area (Å²) in [5.41, 5.74) is 4.42. The SMILES string of the molecule is COc1ccc(CCC(=O)N2CCN(CC(=O)c3cc(C)n(-c4ccc(F)cc4)c3C)CC2)cc1. The van der Waals surface area contributed by atoms with Crippen LogP contribution in [0.3, 0.4) is 0 Å². The first-order valence-corrected chi connectivity index (χ1v) is 12.0. The smallest absolute Gasteiger partial charge is 0.222 e. The zero-order valence-corrected chi connectivity index (χ0v) is 20.6. The summed E-state index contributed by atoms with van der Waals surface area (Å²) in [5, 5.41) is 0. The van der Waals surface area contributed by atoms with Gasteiger partial charge in [-0.1, -0.05) is 12.1 Å². The lowest BCUT2D eigenvalue weighted by molar-refractivity contribution is -0.132. The molecule has 1 aliphatic heterocycles. The van der Waals surface area contributed by atoms with Crippen molar-refractivity contribution in [3.63, 3.8) is 0 Å². The molecule has 1 aliphatic rings. The molecule has 0 spiro atoms. The summed E-state index contributed by atoms with van der Waals surface area (Å²) in [5.74, 6) is 0.731. The number of amides is 1. The van der Waals surface area contributed by atoms with Crippen LogP contribution in [0, 0.1) is 19.7 Å². The Balaban J connectivity index is 1.29. The summed E-state index contributed by atoms with van der Waals surface area (Å²) < 4.78 is 20.5. The highest BCUT2D eigenvalue weighted by Gasteiger charge is 2.24. The Morgan fingerprint density at radius 3 is 2.23 bits per heavy atom. The maximum Gasteiger partial charge on any atom is 0.222 e. The van der Waals surface area contributed by atoms with Crippen molar-refractivity contribution >= 4 is 11.7 Å². The maximum atomic E-state index is 13.3. The van der Waals surface area contributed by atoms with Crippen molar-refractivity contribution in [3.8, 4) is 11.4 Å². The Morgan fingerprint density at radius 2 is 1.60 bits per heavy atom. The third kappa shape index (κ3) is 5.80. The number of benzene rings is 2. The molecule has 1 amide bonds. The van der Waals surface area contributed by atoms with E-state index in [9.17, 15) is 14.0 Å². The molecular formula is C28H32FN3O3. The van der Waals surface area contributed by atoms with Crippen molar-refractivity contribution in [2.24, 2.45) is 0 Å². The number of ether oxygens (including phenoxy) is 1. The predicted octanol–water partition coefficient (Wildman–Crippen LogP) is 4.20. The van der Waals surface area contributed by atoms with Gasteiger partial charge in [0.1, 0.15) is 11.6 Å². The summed E-state index contributed by atoms with van der Waals surface area (Å²) in [6.07, 6.45) is 1.17. The number of aromatic nitrogens is 1. The van der Waals surface area contributed by atoms with E-state index in [2.05, 4.69) is 4.90 Å². The number of rotatable bonds is 8. The summed E-state index contributed by atoms with van der Waals surface area (Å²) in [6.45, 7) is 6.80. The number of aryl methyl sites for hydroxylation is 2. The van der Waals surface area contributed by atoms with Crippen LogP contribution >= 0.6 is 0 Å². The first-order chi connectivity index (χ1) is 16.9. The summed E-state index contributed by atoms with van der Waals surface area (Å²) >= 11 is 0. The number of halogens is 1. The van der Waals surface area contributed by atoms with Gasteiger partial charge in [-0.2, -0.15) is 0 Å². The van der Waals surface area contributed by atoms with Gasteiger partial charge in [-0.05, 0) is 68.3 Å². The molecule has 2 heterocycles. The monoisotopic (exact) mass is 477 g/mol. The number of hydrogen-bond donors (Lipinski definition) is 0. The Hall–Kier alpha value is -3.45. The number of Topliss-reactive ketones (excluding diaryl/α,β-unsaturated/α-hetero) is 1. The molecule has 1 aromatic heterocycles. The van der Waals surface area contributed by atoms with Crippen molar-refractivity contribution < 1.29 is 18.7 Å². The van der Waals surface area contributed by atoms with Crippen LogP contribution in [0.2, 0.25) is 0 Å². The van der Waals surface area contributed by atoms with Crippen LogP contribution in [0.15, 0.2) is 54.6 Å². The Bertz CT molecular complexity index is 1180. The second-order valence-corrected chi connectivity index (χ2v) is 9.02. The van der Waals surface area contributed by atoms with Crippen LogP contribution in [0.25, 0.3) is 5.69 Å². The Labute approximate surface area is 205 Å². The number of nitrogens with zero attached hydrogens (tertiary/aromatic N) is 3. The summed E-state index contributed by atoms with van der Waals surface area (Å²) in [4.78, 5) is 29.8. The van der Waals surface area contributed by atoms with E-state index in [-0.39, 0.29) is 17.5 Å². The number of ketones is 1. The standard InChI is InChI=1S/C28H32FN3O3/c1-20-18-26(21(2)32(20)24-9-7-23(29)8-10-24)27(33)19-30-14-16-31(17-15-30)28(34)13-6-22-4-11-25(35-3)12-5-22/h4-5,7-12,18H,6,13-17,19H2,1-3H3. The highest BCUT2D eigenvalue weighted by Crippen LogP contribution is 2.22. The molecule has 184 valence electrons. The minimum absolute atomic E-state index is 0.0609. The molecular weight excluding hydrogens is 445 g/mol. The molecule has 1 saturated heterocycles. The molecule has 0 bridgehead atoms. The lowest BCUT2D eigenvalue weighted by Crippen LogP contribution is -2.50. The Morgan fingerprint density at radius 1 is 0.943 bits per heavy atom. The van der Waals surface area contributed by atoms with Gasteiger partial charge in [0.15, 0.2) is 5.78 Å². The molecule has 0 aliphatic carbocycles. The third-order valence-corrected chi connectivity index (χ3v) is 6.70. The van der Waals surface area contributed by atoms with Crippen molar-refractivity contribution in [1.29, 1.82) is 0 Å². The lowest BCUT2D eigenvalue weighted by Gasteiger charge is -2.34. The largest absolute Gasteiger partial charge is 0.497 e. The Kier molecular flexibility index (Phi) is 7.66. The van der Waals surface area contributed by atoms with Crippen LogP contribution in [0.1, 0.15) is 33.7 Å². The van der Waals surface area contributed by atoms with E-state index in [1.807, 2.05) is 53.6 Å². The average molecular weight is 478 g/mol. The van der Waals surface area contributed by atoms with E-state index >= 15 is 0 Å². The zero-order valence-electron chi connectivity index (χ0n) is 20.6. The van der Waals surface area contributed by atoms with Crippen molar-refractivity contribution in [2.45, 2.75) is 26.7 Å². The van der Waals surface area contributed by atoms with E-state index in [0.29, 0.717) is 51.1 Å². The van der Waals surface area contributed by atoms with Gasteiger partial charge in [0, 0.05) is 55.2 Å². The molecule has 0 unspecified atom stereocenters. The number of methoxy groups -OCH3 is 1. The third-order valence-electron chi connectivity index (χ3n) is 6.70. The molecule has 1 fully saturated rings. The van der Waals surface area contributed by atoms with Crippen LogP contribution in [0.5, 0.6) is 5.75 Å². The first-order valence-electron chi connectivity index (χ1n) is 12.0. The van der Waals surface area contributed by atoms with E-state index in [1.165, 1.54) is 12.1 Å². The quantitative estimate of drug-likeness (QED) is 0.457. The summed E-state index contributed by atoms with van der Waals surface area (Å²) in [6, 6.07) is 16.0. The molecule has 4 rings (SSSR count). The molecule has 0 atom stereocenters. The minimum atomic E-state index is -0.286. The predicted molar refractivity (Wildman–Crippen MR) is 134 cm³/mol. The summed E-state index contributed by atoms with van der Waals surface area (Å²) in [7, 11) is 1.64. The first kappa shape index (κ1) is 24.7. The molecule has 35 heavy (non-hydrogen) atoms. The fraction of sp³-hybridized carbons (Fsp3) is 0.357. The molecule has 6 nitrogen and oxygen atoms in total. The highest BCUT2D eigenvalue weighted by molar-refractivity contribution is 5.99. The maximum absolute atomic E-state index is 13.3. The fourth-order valence-corrected chi connectivity index (χ4v) is 4.68. The van der Waals surface area contributed by atoms with E-state index in [1.54, 1.807) is 19.2 Å². The second kappa shape index (κ2) is 10.9. The van der Waals surface area contributed by atoms with Crippen molar-refractivity contribution in [3.05, 3.63) is 82.9 Å². The van der Waals surface area contributed by atoms with Crippen molar-refractivity contribution in [2.75, 3.05) is 39.8 Å². The van der Waals surface area contributed by atoms with Crippen LogP contribution in [0.4, 0.5) is 4.39 Å². The zero-order chi connectivity index (χ0) is 24.9. The van der Waals surface area contributed by atoms with Crippen molar-refractivity contribution in [1.82, 2.24) is 14.4 Å². The lowest BCUT2D eigenvalue weighted by atomic mass is 10.1. The van der Waals surface area contributed by atoms with Gasteiger partial charge in [0.05, 0.1) is 13.7 Å². The van der Waals surface area contributed by atoms with Gasteiger partial charge < -0.3 is 14.2 Å². The molecule has 0 saturated carbocycles. The van der Waals surface area contributed by atoms with E-state index < -0.39 is 0 Å². The van der Waals surface area contributed by atoms with E-state index in [4.69, 9.17) is 4.74 Å². The molecule has 2 aromatic carbocycles. The molecule has 7 heteroatoms. The van der Waals surface area contributed by atoms with Gasteiger partial charge in [-0.15, -0.1) is 0 Å². The fourth-order valence-electron chi connectivity index (χ4n) is 4.68. The number of hydrogen-bond acceptors (Lipinski definition) is 4. The number of piperazine rings is 1. The number of carbonyl (C=O) groups is 2. The minimum Gasteiger partial charge on any atom is -0.497 e. The molecule has 0 radical (unpaired) electrons. The van der Waals surface area contributed by atoms with Crippen LogP contribution in [-0.2, 0) is 11.2 Å². The van der Waals surface area contributed by atoms with Gasteiger partial charge in [-0.3, -0.25) is 14.5 Å². The highest BCUT2D eigenvalue weighted by atomic mass is 19.1. The molecule has 0 N–H and O–H groups in total. The van der Waals surface area contributed by atoms with Crippen LogP contribution in [-0.4, -0.2) is 65.9 Å². The average Bonchev–Trinajstić information content (AvgIpc) is 3.17. The van der Waals surface area contributed by atoms with Gasteiger partial charge in [0.25, 0.3) is 0 Å². The number of carbonyl (C=O) groups excluding carboxylic acids is 2. The van der Waals surface area contributed by atoms with Gasteiger partial charge in [-0.25, -0.2) is 4.39 Å². The topological polar surface area (TPSA) is 54.8 Å². The molecule has 3 aromatic rings.